The van der Waals surface area contributed by atoms with Crippen molar-refractivity contribution in [2.45, 2.75) is 78.6 Å². The topological polar surface area (TPSA) is 63.2 Å². The van der Waals surface area contributed by atoms with Gasteiger partial charge in [0.1, 0.15) is 0 Å². The summed E-state index contributed by atoms with van der Waals surface area (Å²) < 4.78 is 0. The van der Waals surface area contributed by atoms with Crippen LogP contribution in [0.4, 0.5) is 0 Å². The normalized spacial score (nSPS) is 20.7. The summed E-state index contributed by atoms with van der Waals surface area (Å²) in [6.45, 7) is 7.99. The third-order valence-electron chi connectivity index (χ3n) is 5.31. The number of amides is 2. The van der Waals surface area contributed by atoms with Crippen LogP contribution in [-0.4, -0.2) is 17.6 Å². The standard InChI is InChI=1S/C15H22OS.C6H9NO2/c1-4-12-13(14(16)10(2)3)9-17-15(12)11-7-5-6-8-11;1-4-2-3-5(8)7-6(4)9/h9-11H,4-8H2,1-3H3;4H,2-3H2,1H3,(H,7,8,9). The van der Waals surface area contributed by atoms with Gasteiger partial charge in [-0.3, -0.25) is 19.7 Å². The van der Waals surface area contributed by atoms with Crippen LogP contribution < -0.4 is 5.32 Å². The molecule has 0 spiro atoms. The summed E-state index contributed by atoms with van der Waals surface area (Å²) in [4.78, 5) is 34.8. The monoisotopic (exact) mass is 377 g/mol. The number of piperidine rings is 1. The average Bonchev–Trinajstić information content (AvgIpc) is 3.26. The Labute approximate surface area is 160 Å². The van der Waals surface area contributed by atoms with E-state index >= 15 is 0 Å². The predicted molar refractivity (Wildman–Crippen MR) is 106 cm³/mol. The summed E-state index contributed by atoms with van der Waals surface area (Å²) in [6, 6.07) is 0. The molecule has 1 saturated carbocycles. The highest BCUT2D eigenvalue weighted by Gasteiger charge is 2.25. The first-order chi connectivity index (χ1) is 12.3. The Bertz CT molecular complexity index is 656. The van der Waals surface area contributed by atoms with E-state index in [2.05, 4.69) is 17.6 Å². The molecule has 1 unspecified atom stereocenters. The van der Waals surface area contributed by atoms with Gasteiger partial charge < -0.3 is 0 Å². The molecular weight excluding hydrogens is 346 g/mol. The van der Waals surface area contributed by atoms with Crippen molar-refractivity contribution in [3.63, 3.8) is 0 Å². The fraction of sp³-hybridized carbons (Fsp3) is 0.667. The summed E-state index contributed by atoms with van der Waals surface area (Å²) in [5.41, 5.74) is 2.36. The first-order valence-corrected chi connectivity index (χ1v) is 10.7. The van der Waals surface area contributed by atoms with Crippen LogP contribution in [0.5, 0.6) is 0 Å². The lowest BCUT2D eigenvalue weighted by Crippen LogP contribution is -2.39. The maximum atomic E-state index is 12.2. The zero-order valence-corrected chi connectivity index (χ0v) is 17.2. The minimum Gasteiger partial charge on any atom is -0.296 e. The number of Topliss-reactive ketones (excluding diaryl/α,β-unsaturated/α-hetero) is 1. The minimum atomic E-state index is -0.141. The van der Waals surface area contributed by atoms with Gasteiger partial charge in [-0.15, -0.1) is 11.3 Å². The molecule has 1 saturated heterocycles. The molecule has 1 aromatic rings. The minimum absolute atomic E-state index is 0.0164. The number of thiophene rings is 1. The molecule has 2 heterocycles. The van der Waals surface area contributed by atoms with Gasteiger partial charge in [-0.05, 0) is 37.2 Å². The molecule has 2 amide bonds. The molecule has 144 valence electrons. The average molecular weight is 378 g/mol. The summed E-state index contributed by atoms with van der Waals surface area (Å²) >= 11 is 1.82. The smallest absolute Gasteiger partial charge is 0.229 e. The van der Waals surface area contributed by atoms with Crippen LogP contribution in [0.15, 0.2) is 5.38 Å². The number of hydrogen-bond acceptors (Lipinski definition) is 4. The Kier molecular flexibility index (Phi) is 7.56. The van der Waals surface area contributed by atoms with Gasteiger partial charge >= 0.3 is 0 Å². The van der Waals surface area contributed by atoms with Crippen molar-refractivity contribution in [1.29, 1.82) is 0 Å². The predicted octanol–water partition coefficient (Wildman–Crippen LogP) is 4.87. The van der Waals surface area contributed by atoms with Crippen molar-refractivity contribution in [1.82, 2.24) is 5.32 Å². The summed E-state index contributed by atoms with van der Waals surface area (Å²) in [7, 11) is 0. The second kappa shape index (κ2) is 9.45. The van der Waals surface area contributed by atoms with Crippen molar-refractivity contribution >= 4 is 28.9 Å². The van der Waals surface area contributed by atoms with E-state index in [-0.39, 0.29) is 23.7 Å². The zero-order valence-electron chi connectivity index (χ0n) is 16.4. The Balaban J connectivity index is 0.000000228. The van der Waals surface area contributed by atoms with Gasteiger partial charge in [0.2, 0.25) is 11.8 Å². The highest BCUT2D eigenvalue weighted by molar-refractivity contribution is 7.10. The van der Waals surface area contributed by atoms with Crippen LogP contribution in [0, 0.1) is 11.8 Å². The van der Waals surface area contributed by atoms with Gasteiger partial charge in [0.15, 0.2) is 5.78 Å². The van der Waals surface area contributed by atoms with E-state index in [4.69, 9.17) is 0 Å². The SMILES string of the molecule is CC1CCC(=O)NC1=O.CCc1c(C(=O)C(C)C)csc1C1CCCC1. The number of imide groups is 1. The van der Waals surface area contributed by atoms with E-state index in [1.54, 1.807) is 0 Å². The number of carbonyl (C=O) groups is 3. The van der Waals surface area contributed by atoms with Crippen molar-refractivity contribution < 1.29 is 14.4 Å². The second-order valence-electron chi connectivity index (χ2n) is 7.70. The number of hydrogen-bond donors (Lipinski definition) is 1. The van der Waals surface area contributed by atoms with Crippen LogP contribution in [-0.2, 0) is 16.0 Å². The summed E-state index contributed by atoms with van der Waals surface area (Å²) in [5.74, 6) is 0.921. The number of nitrogens with one attached hydrogen (secondary N) is 1. The number of rotatable bonds is 4. The molecule has 3 rings (SSSR count). The van der Waals surface area contributed by atoms with Crippen LogP contribution >= 0.6 is 11.3 Å². The van der Waals surface area contributed by atoms with E-state index in [1.807, 2.05) is 32.1 Å². The molecule has 4 nitrogen and oxygen atoms in total. The van der Waals surface area contributed by atoms with Gasteiger partial charge in [-0.2, -0.15) is 0 Å². The lowest BCUT2D eigenvalue weighted by molar-refractivity contribution is -0.135. The van der Waals surface area contributed by atoms with Crippen LogP contribution in [0.25, 0.3) is 0 Å². The van der Waals surface area contributed by atoms with Gasteiger partial charge in [0.25, 0.3) is 0 Å². The molecule has 1 aliphatic heterocycles. The summed E-state index contributed by atoms with van der Waals surface area (Å²) in [5, 5.41) is 4.36. The van der Waals surface area contributed by atoms with Crippen molar-refractivity contribution in [2.75, 3.05) is 0 Å². The van der Waals surface area contributed by atoms with Gasteiger partial charge in [0, 0.05) is 34.1 Å². The Morgan fingerprint density at radius 2 is 1.88 bits per heavy atom. The maximum absolute atomic E-state index is 12.2. The molecule has 1 atom stereocenters. The van der Waals surface area contributed by atoms with Crippen molar-refractivity contribution in [3.05, 3.63) is 21.4 Å². The first-order valence-electron chi connectivity index (χ1n) is 9.83. The Morgan fingerprint density at radius 3 is 2.38 bits per heavy atom. The number of carbonyl (C=O) groups excluding carboxylic acids is 3. The van der Waals surface area contributed by atoms with Crippen molar-refractivity contribution in [2.24, 2.45) is 11.8 Å². The Morgan fingerprint density at radius 1 is 1.23 bits per heavy atom. The molecule has 2 aliphatic rings. The molecule has 2 fully saturated rings. The van der Waals surface area contributed by atoms with Crippen LogP contribution in [0.1, 0.15) is 92.9 Å². The van der Waals surface area contributed by atoms with Crippen LogP contribution in [0.2, 0.25) is 0 Å². The lowest BCUT2D eigenvalue weighted by atomic mass is 9.93. The molecule has 1 N–H and O–H groups in total. The summed E-state index contributed by atoms with van der Waals surface area (Å²) in [6.07, 6.45) is 7.56. The lowest BCUT2D eigenvalue weighted by Gasteiger charge is -2.15. The first kappa shape index (κ1) is 20.8. The van der Waals surface area contributed by atoms with E-state index in [1.165, 1.54) is 36.1 Å². The van der Waals surface area contributed by atoms with Crippen molar-refractivity contribution in [3.8, 4) is 0 Å². The molecule has 5 heteroatoms. The molecule has 1 aromatic heterocycles. The van der Waals surface area contributed by atoms with Gasteiger partial charge in [0.05, 0.1) is 0 Å². The molecule has 0 radical (unpaired) electrons. The van der Waals surface area contributed by atoms with E-state index in [9.17, 15) is 14.4 Å². The molecule has 26 heavy (non-hydrogen) atoms. The molecule has 0 aromatic carbocycles. The molecule has 1 aliphatic carbocycles. The largest absolute Gasteiger partial charge is 0.296 e. The highest BCUT2D eigenvalue weighted by Crippen LogP contribution is 2.40. The third kappa shape index (κ3) is 5.03. The van der Waals surface area contributed by atoms with E-state index < -0.39 is 0 Å². The number of ketones is 1. The molecular formula is C21H31NO3S. The van der Waals surface area contributed by atoms with Crippen LogP contribution in [0.3, 0.4) is 0 Å². The quantitative estimate of drug-likeness (QED) is 0.602. The third-order valence-corrected chi connectivity index (χ3v) is 6.50. The molecule has 0 bridgehead atoms. The fourth-order valence-electron chi connectivity index (χ4n) is 3.61. The van der Waals surface area contributed by atoms with E-state index in [0.717, 1.165) is 17.9 Å². The zero-order chi connectivity index (χ0) is 19.3. The van der Waals surface area contributed by atoms with Gasteiger partial charge in [-0.1, -0.05) is 40.5 Å². The highest BCUT2D eigenvalue weighted by atomic mass is 32.1. The fourth-order valence-corrected chi connectivity index (χ4v) is 4.94. The van der Waals surface area contributed by atoms with E-state index in [0.29, 0.717) is 18.6 Å². The van der Waals surface area contributed by atoms with Gasteiger partial charge in [-0.25, -0.2) is 0 Å². The maximum Gasteiger partial charge on any atom is 0.229 e. The second-order valence-corrected chi connectivity index (χ2v) is 8.61. The Hall–Kier alpha value is -1.49.